The van der Waals surface area contributed by atoms with Crippen molar-refractivity contribution in [3.05, 3.63) is 82.4 Å². The van der Waals surface area contributed by atoms with Gasteiger partial charge in [-0.05, 0) is 66.2 Å². The number of nitrogens with two attached hydrogens (primary N) is 1. The van der Waals surface area contributed by atoms with Gasteiger partial charge in [0.15, 0.2) is 5.65 Å². The Morgan fingerprint density at radius 2 is 1.80 bits per heavy atom. The number of aryl methyl sites for hydroxylation is 1. The Kier molecular flexibility index (Phi) is 7.02. The predicted octanol–water partition coefficient (Wildman–Crippen LogP) is 7.15. The Balaban J connectivity index is 0.00000337. The molecule has 0 saturated carbocycles. The minimum Gasteiger partial charge on any atom is -0.424 e. The fourth-order valence-electron chi connectivity index (χ4n) is 6.65. The molecule has 0 saturated heterocycles. The molecule has 0 radical (unpaired) electrons. The van der Waals surface area contributed by atoms with Crippen molar-refractivity contribution in [2.45, 2.75) is 60.4 Å². The highest BCUT2D eigenvalue weighted by Gasteiger charge is 2.36. The van der Waals surface area contributed by atoms with Gasteiger partial charge in [0.05, 0.1) is 10.8 Å². The van der Waals surface area contributed by atoms with Crippen LogP contribution in [-0.2, 0) is 0 Å². The van der Waals surface area contributed by atoms with E-state index < -0.39 is 6.04 Å². The van der Waals surface area contributed by atoms with E-state index in [-0.39, 0.29) is 28.9 Å². The van der Waals surface area contributed by atoms with Gasteiger partial charge in [0.1, 0.15) is 29.6 Å². The van der Waals surface area contributed by atoms with Crippen molar-refractivity contribution >= 4 is 45.6 Å². The van der Waals surface area contributed by atoms with Crippen LogP contribution in [0.5, 0.6) is 0 Å². The summed E-state index contributed by atoms with van der Waals surface area (Å²) in [6.07, 6.45) is 9.27. The summed E-state index contributed by atoms with van der Waals surface area (Å²) in [4.78, 5) is 26.5. The molecule has 1 aliphatic rings. The molecule has 2 N–H and O–H groups in total. The molecule has 8 nitrogen and oxygen atoms in total. The third-order valence-electron chi connectivity index (χ3n) is 7.77. The van der Waals surface area contributed by atoms with Crippen LogP contribution in [-0.4, -0.2) is 24.7 Å². The number of hydrogen-bond acceptors (Lipinski definition) is 7. The van der Waals surface area contributed by atoms with E-state index in [9.17, 15) is 4.79 Å². The van der Waals surface area contributed by atoms with Crippen LogP contribution < -0.4 is 11.4 Å². The normalized spacial score (nSPS) is 16.8. The zero-order valence-electron chi connectivity index (χ0n) is 24.2. The number of benzene rings is 1. The van der Waals surface area contributed by atoms with Crippen molar-refractivity contribution in [1.29, 1.82) is 0 Å². The second-order valence-electron chi connectivity index (χ2n) is 12.5. The lowest BCUT2D eigenvalue weighted by Crippen LogP contribution is -2.27. The van der Waals surface area contributed by atoms with Crippen LogP contribution in [0, 0.1) is 17.8 Å². The van der Waals surface area contributed by atoms with Crippen LogP contribution in [0.25, 0.3) is 38.6 Å². The number of pyridine rings is 1. The van der Waals surface area contributed by atoms with Crippen molar-refractivity contribution in [2.24, 2.45) is 10.8 Å². The summed E-state index contributed by atoms with van der Waals surface area (Å²) in [7, 11) is 0. The standard InChI is InChI=1S/C32H34N6O2.ClH/c1-18-11-20(15-34-14-18)26-25-28(33)35-17-36-29(25)38(37-26)19(2)27-24(21-12-31(3,4)16-32(5,6)13-21)22-9-7-8-10-23(22)30(39)40-27;/h7-12,14-15,17,19H,13,16H2,1-6H3,(H2,33,35,36);1H. The summed E-state index contributed by atoms with van der Waals surface area (Å²) >= 11 is 0. The molecular formula is C32H35ClN6O2. The lowest BCUT2D eigenvalue weighted by Gasteiger charge is -2.40. The second kappa shape index (κ2) is 10.1. The third-order valence-corrected chi connectivity index (χ3v) is 7.77. The number of fused-ring (bicyclic) bond motifs is 2. The molecule has 6 rings (SSSR count). The summed E-state index contributed by atoms with van der Waals surface area (Å²) in [6.45, 7) is 13.1. The molecule has 1 aliphatic carbocycles. The molecule has 5 aromatic rings. The number of aromatic nitrogens is 5. The van der Waals surface area contributed by atoms with Gasteiger partial charge < -0.3 is 10.2 Å². The van der Waals surface area contributed by atoms with Crippen LogP contribution >= 0.6 is 12.4 Å². The monoisotopic (exact) mass is 570 g/mol. The Morgan fingerprint density at radius 1 is 1.07 bits per heavy atom. The van der Waals surface area contributed by atoms with Crippen LogP contribution in [0.3, 0.4) is 0 Å². The summed E-state index contributed by atoms with van der Waals surface area (Å²) in [5.41, 5.74) is 11.2. The number of allylic oxidation sites excluding steroid dienone is 2. The molecule has 0 fully saturated rings. The Hall–Kier alpha value is -4.04. The van der Waals surface area contributed by atoms with E-state index in [1.165, 1.54) is 11.9 Å². The molecule has 9 heteroatoms. The van der Waals surface area contributed by atoms with Gasteiger partial charge in [-0.1, -0.05) is 52.0 Å². The van der Waals surface area contributed by atoms with Crippen molar-refractivity contribution in [2.75, 3.05) is 5.73 Å². The Bertz CT molecular complexity index is 1890. The van der Waals surface area contributed by atoms with Gasteiger partial charge in [0.2, 0.25) is 0 Å². The van der Waals surface area contributed by atoms with Crippen molar-refractivity contribution in [3.63, 3.8) is 0 Å². The number of anilines is 1. The van der Waals surface area contributed by atoms with Crippen LogP contribution in [0.1, 0.15) is 70.4 Å². The van der Waals surface area contributed by atoms with E-state index in [1.54, 1.807) is 17.1 Å². The molecule has 212 valence electrons. The van der Waals surface area contributed by atoms with E-state index >= 15 is 0 Å². The van der Waals surface area contributed by atoms with E-state index in [0.29, 0.717) is 33.7 Å². The predicted molar refractivity (Wildman–Crippen MR) is 166 cm³/mol. The average Bonchev–Trinajstić information content (AvgIpc) is 3.27. The second-order valence-corrected chi connectivity index (χ2v) is 12.5. The van der Waals surface area contributed by atoms with Crippen LogP contribution in [0.15, 0.2) is 64.3 Å². The molecule has 4 aromatic heterocycles. The molecule has 1 unspecified atom stereocenters. The van der Waals surface area contributed by atoms with E-state index in [2.05, 4.69) is 48.7 Å². The molecule has 0 amide bonds. The molecule has 0 aliphatic heterocycles. The van der Waals surface area contributed by atoms with Crippen LogP contribution in [0.4, 0.5) is 5.82 Å². The topological polar surface area (TPSA) is 113 Å². The van der Waals surface area contributed by atoms with E-state index in [4.69, 9.17) is 15.2 Å². The molecular weight excluding hydrogens is 536 g/mol. The lowest BCUT2D eigenvalue weighted by molar-refractivity contribution is 0.228. The summed E-state index contributed by atoms with van der Waals surface area (Å²) < 4.78 is 7.99. The van der Waals surface area contributed by atoms with E-state index in [0.717, 1.165) is 34.9 Å². The van der Waals surface area contributed by atoms with Crippen molar-refractivity contribution < 1.29 is 4.42 Å². The van der Waals surface area contributed by atoms with Crippen molar-refractivity contribution in [1.82, 2.24) is 24.7 Å². The first-order valence-electron chi connectivity index (χ1n) is 13.6. The van der Waals surface area contributed by atoms with Crippen LogP contribution in [0.2, 0.25) is 0 Å². The van der Waals surface area contributed by atoms with Crippen molar-refractivity contribution in [3.8, 4) is 11.3 Å². The van der Waals surface area contributed by atoms with Gasteiger partial charge in [0, 0.05) is 23.5 Å². The molecule has 0 bridgehead atoms. The molecule has 0 spiro atoms. The number of nitrogen functional groups attached to an aromatic ring is 1. The van der Waals surface area contributed by atoms with Gasteiger partial charge in [-0.2, -0.15) is 5.10 Å². The summed E-state index contributed by atoms with van der Waals surface area (Å²) in [5.74, 6) is 0.887. The first kappa shape index (κ1) is 28.5. The number of nitrogens with zero attached hydrogens (tertiary/aromatic N) is 5. The highest BCUT2D eigenvalue weighted by molar-refractivity contribution is 5.98. The van der Waals surface area contributed by atoms with Gasteiger partial charge in [-0.3, -0.25) is 4.98 Å². The number of rotatable bonds is 4. The van der Waals surface area contributed by atoms with Gasteiger partial charge in [-0.15, -0.1) is 12.4 Å². The van der Waals surface area contributed by atoms with E-state index in [1.807, 2.05) is 44.2 Å². The highest BCUT2D eigenvalue weighted by Crippen LogP contribution is 2.49. The number of halogens is 1. The average molecular weight is 571 g/mol. The minimum absolute atomic E-state index is 0. The first-order chi connectivity index (χ1) is 18.9. The fourth-order valence-corrected chi connectivity index (χ4v) is 6.65. The molecule has 1 aromatic carbocycles. The minimum atomic E-state index is -0.468. The molecule has 1 atom stereocenters. The maximum Gasteiger partial charge on any atom is 0.343 e. The highest BCUT2D eigenvalue weighted by atomic mass is 35.5. The molecule has 4 heterocycles. The lowest BCUT2D eigenvalue weighted by atomic mass is 9.65. The first-order valence-corrected chi connectivity index (χ1v) is 13.6. The zero-order chi connectivity index (χ0) is 28.4. The number of hydrogen-bond donors (Lipinski definition) is 1. The largest absolute Gasteiger partial charge is 0.424 e. The Morgan fingerprint density at radius 3 is 2.51 bits per heavy atom. The Labute approximate surface area is 245 Å². The maximum atomic E-state index is 13.3. The maximum absolute atomic E-state index is 13.3. The summed E-state index contributed by atoms with van der Waals surface area (Å²) in [5, 5.41) is 7.10. The quantitative estimate of drug-likeness (QED) is 0.244. The molecule has 41 heavy (non-hydrogen) atoms. The smallest absolute Gasteiger partial charge is 0.343 e. The zero-order valence-corrected chi connectivity index (χ0v) is 25.0. The van der Waals surface area contributed by atoms with Gasteiger partial charge in [-0.25, -0.2) is 19.4 Å². The third kappa shape index (κ3) is 5.01. The fraction of sp³-hybridized carbons (Fsp3) is 0.344. The summed E-state index contributed by atoms with van der Waals surface area (Å²) in [6, 6.07) is 9.23. The SMILES string of the molecule is Cc1cncc(-c2nn(C(C)c3oc(=O)c4ccccc4c3C3=CC(C)(C)CC(C)(C)C3)c3ncnc(N)c23)c1.Cl. The van der Waals surface area contributed by atoms with Gasteiger partial charge in [0.25, 0.3) is 0 Å². The van der Waals surface area contributed by atoms with Gasteiger partial charge >= 0.3 is 5.63 Å².